The molecule has 0 aromatic rings. The van der Waals surface area contributed by atoms with E-state index in [1.165, 1.54) is 25.7 Å². The Labute approximate surface area is 111 Å². The summed E-state index contributed by atoms with van der Waals surface area (Å²) in [6.07, 6.45) is 5.01. The van der Waals surface area contributed by atoms with Crippen LogP contribution in [-0.4, -0.2) is 35.8 Å². The third-order valence-electron chi connectivity index (χ3n) is 2.28. The first-order valence-electron chi connectivity index (χ1n) is 5.66. The lowest BCUT2D eigenvalue weighted by Gasteiger charge is -2.23. The van der Waals surface area contributed by atoms with Crippen molar-refractivity contribution in [1.29, 1.82) is 0 Å². The van der Waals surface area contributed by atoms with Gasteiger partial charge in [-0.1, -0.05) is 26.7 Å². The van der Waals surface area contributed by atoms with Crippen molar-refractivity contribution in [1.82, 2.24) is 4.90 Å². The van der Waals surface area contributed by atoms with Crippen LogP contribution in [0.5, 0.6) is 0 Å². The van der Waals surface area contributed by atoms with Crippen molar-refractivity contribution in [2.24, 2.45) is 0 Å². The smallest absolute Gasteiger partial charge is 0.0598 e. The molecule has 0 radical (unpaired) electrons. The lowest BCUT2D eigenvalue weighted by atomic mass is 10.2. The van der Waals surface area contributed by atoms with Crippen LogP contribution in [0.25, 0.3) is 0 Å². The van der Waals surface area contributed by atoms with Crippen molar-refractivity contribution >= 4 is 35.6 Å². The summed E-state index contributed by atoms with van der Waals surface area (Å²) in [7, 11) is 0. The second-order valence-electron chi connectivity index (χ2n) is 3.76. The Morgan fingerprint density at radius 1 is 1.07 bits per heavy atom. The van der Waals surface area contributed by atoms with E-state index in [1.807, 2.05) is 0 Å². The monoisotopic (exact) mass is 275 g/mol. The Morgan fingerprint density at radius 3 is 1.87 bits per heavy atom. The van der Waals surface area contributed by atoms with Gasteiger partial charge in [0.25, 0.3) is 0 Å². The van der Waals surface area contributed by atoms with Gasteiger partial charge in [0.2, 0.25) is 0 Å². The summed E-state index contributed by atoms with van der Waals surface area (Å²) in [6.45, 7) is 7.70. The van der Waals surface area contributed by atoms with Crippen LogP contribution >= 0.6 is 35.6 Å². The molecule has 0 saturated heterocycles. The van der Waals surface area contributed by atoms with E-state index < -0.39 is 0 Å². The van der Waals surface area contributed by atoms with E-state index in [1.54, 1.807) is 0 Å². The van der Waals surface area contributed by atoms with Crippen LogP contribution in [0.3, 0.4) is 0 Å². The lowest BCUT2D eigenvalue weighted by Crippen LogP contribution is -2.32. The van der Waals surface area contributed by atoms with Gasteiger partial charge in [0.15, 0.2) is 0 Å². The highest BCUT2D eigenvalue weighted by molar-refractivity contribution is 6.28. The van der Waals surface area contributed by atoms with E-state index in [-0.39, 0.29) is 17.8 Å². The van der Waals surface area contributed by atoms with E-state index in [9.17, 15) is 0 Å². The number of halogens is 3. The second-order valence-corrected chi connectivity index (χ2v) is 4.69. The first-order valence-corrected chi connectivity index (χ1v) is 6.64. The van der Waals surface area contributed by atoms with Crippen LogP contribution in [0.1, 0.15) is 39.5 Å². The molecular weight excluding hydrogens is 252 g/mol. The van der Waals surface area contributed by atoms with Gasteiger partial charge >= 0.3 is 0 Å². The molecule has 4 heteroatoms. The molecular formula is C11H24Cl3N. The summed E-state index contributed by atoms with van der Waals surface area (Å²) < 4.78 is 0. The molecule has 0 amide bonds. The summed E-state index contributed by atoms with van der Waals surface area (Å²) in [5, 5.41) is 0.102. The molecule has 1 unspecified atom stereocenters. The van der Waals surface area contributed by atoms with Gasteiger partial charge in [0.05, 0.1) is 5.38 Å². The number of hydrogen-bond donors (Lipinski definition) is 0. The van der Waals surface area contributed by atoms with Gasteiger partial charge in [-0.15, -0.1) is 35.6 Å². The zero-order valence-corrected chi connectivity index (χ0v) is 12.2. The van der Waals surface area contributed by atoms with Crippen molar-refractivity contribution in [3.8, 4) is 0 Å². The molecule has 0 N–H and O–H groups in total. The minimum Gasteiger partial charge on any atom is -0.302 e. The summed E-state index contributed by atoms with van der Waals surface area (Å²) in [4.78, 5) is 2.44. The first-order chi connectivity index (χ1) is 6.74. The third kappa shape index (κ3) is 11.1. The van der Waals surface area contributed by atoms with E-state index >= 15 is 0 Å². The quantitative estimate of drug-likeness (QED) is 0.572. The normalized spacial score (nSPS) is 12.6. The molecule has 0 saturated carbocycles. The molecule has 0 aromatic heterocycles. The predicted octanol–water partition coefficient (Wildman–Crippen LogP) is 4.16. The fraction of sp³-hybridized carbons (Fsp3) is 1.00. The summed E-state index contributed by atoms with van der Waals surface area (Å²) in [5.74, 6) is 0.552. The van der Waals surface area contributed by atoms with Crippen molar-refractivity contribution in [2.75, 3.05) is 25.5 Å². The molecule has 0 bridgehead atoms. The molecule has 0 fully saturated rings. The SMILES string of the molecule is CCCCN(CCCC)CC(Cl)CCl.Cl. The van der Waals surface area contributed by atoms with Crippen molar-refractivity contribution in [2.45, 2.75) is 44.9 Å². The largest absolute Gasteiger partial charge is 0.302 e. The molecule has 0 aromatic carbocycles. The van der Waals surface area contributed by atoms with E-state index in [0.29, 0.717) is 5.88 Å². The van der Waals surface area contributed by atoms with Gasteiger partial charge in [0.1, 0.15) is 0 Å². The lowest BCUT2D eigenvalue weighted by molar-refractivity contribution is 0.268. The van der Waals surface area contributed by atoms with Gasteiger partial charge in [0, 0.05) is 12.4 Å². The topological polar surface area (TPSA) is 3.24 Å². The highest BCUT2D eigenvalue weighted by atomic mass is 35.5. The molecule has 0 rings (SSSR count). The number of alkyl halides is 2. The van der Waals surface area contributed by atoms with E-state index in [0.717, 1.165) is 19.6 Å². The molecule has 0 aliphatic heterocycles. The average molecular weight is 277 g/mol. The zero-order valence-electron chi connectivity index (χ0n) is 9.85. The van der Waals surface area contributed by atoms with Crippen molar-refractivity contribution in [3.05, 3.63) is 0 Å². The molecule has 94 valence electrons. The fourth-order valence-electron chi connectivity index (χ4n) is 1.39. The highest BCUT2D eigenvalue weighted by Crippen LogP contribution is 2.05. The van der Waals surface area contributed by atoms with E-state index in [2.05, 4.69) is 18.7 Å². The molecule has 1 nitrogen and oxygen atoms in total. The minimum atomic E-state index is 0. The van der Waals surface area contributed by atoms with Crippen LogP contribution in [0.4, 0.5) is 0 Å². The second kappa shape index (κ2) is 12.9. The Hall–Kier alpha value is 0.830. The summed E-state index contributed by atoms with van der Waals surface area (Å²) in [5.41, 5.74) is 0. The third-order valence-corrected chi connectivity index (χ3v) is 3.10. The number of rotatable bonds is 9. The molecule has 0 aliphatic rings. The molecule has 15 heavy (non-hydrogen) atoms. The molecule has 0 heterocycles. The Kier molecular flexibility index (Phi) is 15.7. The van der Waals surface area contributed by atoms with E-state index in [4.69, 9.17) is 23.2 Å². The first kappa shape index (κ1) is 18.2. The van der Waals surface area contributed by atoms with Crippen LogP contribution in [0.2, 0.25) is 0 Å². The fourth-order valence-corrected chi connectivity index (χ4v) is 1.68. The van der Waals surface area contributed by atoms with Gasteiger partial charge in [-0.05, 0) is 25.9 Å². The number of hydrogen-bond acceptors (Lipinski definition) is 1. The average Bonchev–Trinajstić information content (AvgIpc) is 2.21. The van der Waals surface area contributed by atoms with Gasteiger partial charge in [-0.2, -0.15) is 0 Å². The van der Waals surface area contributed by atoms with Crippen molar-refractivity contribution in [3.63, 3.8) is 0 Å². The van der Waals surface area contributed by atoms with Crippen LogP contribution in [0.15, 0.2) is 0 Å². The van der Waals surface area contributed by atoms with Gasteiger partial charge < -0.3 is 4.90 Å². The standard InChI is InChI=1S/C11H23Cl2N.ClH/c1-3-5-7-14(8-6-4-2)10-11(13)9-12;/h11H,3-10H2,1-2H3;1H. The van der Waals surface area contributed by atoms with Crippen LogP contribution in [0, 0.1) is 0 Å². The molecule has 0 spiro atoms. The summed E-state index contributed by atoms with van der Waals surface area (Å²) >= 11 is 11.7. The Balaban J connectivity index is 0. The van der Waals surface area contributed by atoms with Gasteiger partial charge in [-0.3, -0.25) is 0 Å². The van der Waals surface area contributed by atoms with Crippen LogP contribution in [-0.2, 0) is 0 Å². The highest BCUT2D eigenvalue weighted by Gasteiger charge is 2.09. The number of nitrogens with zero attached hydrogens (tertiary/aromatic N) is 1. The zero-order chi connectivity index (χ0) is 10.8. The maximum absolute atomic E-state index is 6.04. The van der Waals surface area contributed by atoms with Crippen LogP contribution < -0.4 is 0 Å². The Bertz CT molecular complexity index is 114. The minimum absolute atomic E-state index is 0. The molecule has 0 aliphatic carbocycles. The number of unbranched alkanes of at least 4 members (excludes halogenated alkanes) is 2. The molecule has 1 atom stereocenters. The maximum Gasteiger partial charge on any atom is 0.0598 e. The summed E-state index contributed by atoms with van der Waals surface area (Å²) in [6, 6.07) is 0. The maximum atomic E-state index is 6.04. The van der Waals surface area contributed by atoms with Gasteiger partial charge in [-0.25, -0.2) is 0 Å². The van der Waals surface area contributed by atoms with Crippen molar-refractivity contribution < 1.29 is 0 Å². The Morgan fingerprint density at radius 2 is 1.53 bits per heavy atom. The predicted molar refractivity (Wildman–Crippen MR) is 73.9 cm³/mol.